The molecule has 0 saturated carbocycles. The van der Waals surface area contributed by atoms with Crippen LogP contribution in [0.15, 0.2) is 12.2 Å². The van der Waals surface area contributed by atoms with Gasteiger partial charge in [0.25, 0.3) is 0 Å². The molecule has 10 heavy (non-hydrogen) atoms. The molecule has 1 rings (SSSR count). The molecule has 1 aliphatic heterocycles. The van der Waals surface area contributed by atoms with Crippen LogP contribution in [0.2, 0.25) is 0 Å². The summed E-state index contributed by atoms with van der Waals surface area (Å²) in [6.45, 7) is 5.76. The van der Waals surface area contributed by atoms with E-state index in [0.29, 0.717) is 6.04 Å². The first-order valence-corrected chi connectivity index (χ1v) is 4.08. The van der Waals surface area contributed by atoms with E-state index in [0.717, 1.165) is 5.92 Å². The third kappa shape index (κ3) is 1.84. The van der Waals surface area contributed by atoms with Crippen molar-refractivity contribution in [1.82, 2.24) is 4.90 Å². The van der Waals surface area contributed by atoms with Crippen LogP contribution in [0.4, 0.5) is 0 Å². The normalized spacial score (nSPS) is 35.9. The van der Waals surface area contributed by atoms with Gasteiger partial charge in [0.05, 0.1) is 0 Å². The fourth-order valence-corrected chi connectivity index (χ4v) is 1.20. The van der Waals surface area contributed by atoms with Crippen molar-refractivity contribution in [3.63, 3.8) is 0 Å². The molecular formula is C9H17N. The van der Waals surface area contributed by atoms with Crippen molar-refractivity contribution in [2.45, 2.75) is 26.3 Å². The molecule has 0 bridgehead atoms. The summed E-state index contributed by atoms with van der Waals surface area (Å²) in [4.78, 5) is 2.39. The highest BCUT2D eigenvalue weighted by molar-refractivity contribution is 4.96. The van der Waals surface area contributed by atoms with Crippen LogP contribution in [-0.4, -0.2) is 24.5 Å². The highest BCUT2D eigenvalue weighted by atomic mass is 15.1. The number of allylic oxidation sites excluding steroid dienone is 1. The predicted octanol–water partition coefficient (Wildman–Crippen LogP) is 1.90. The Bertz CT molecular complexity index is 129. The third-order valence-electron chi connectivity index (χ3n) is 2.35. The molecule has 0 fully saturated rings. The Morgan fingerprint density at radius 2 is 2.00 bits per heavy atom. The minimum atomic E-state index is 0.630. The van der Waals surface area contributed by atoms with Crippen molar-refractivity contribution in [2.24, 2.45) is 5.92 Å². The molecule has 0 spiro atoms. The van der Waals surface area contributed by atoms with Gasteiger partial charge in [-0.05, 0) is 32.9 Å². The largest absolute Gasteiger partial charge is 0.300 e. The van der Waals surface area contributed by atoms with Crippen LogP contribution in [0.3, 0.4) is 0 Å². The van der Waals surface area contributed by atoms with E-state index in [4.69, 9.17) is 0 Å². The quantitative estimate of drug-likeness (QED) is 0.463. The van der Waals surface area contributed by atoms with Crippen molar-refractivity contribution in [3.05, 3.63) is 12.2 Å². The first-order chi connectivity index (χ1) is 4.70. The van der Waals surface area contributed by atoms with Gasteiger partial charge in [0.15, 0.2) is 0 Å². The standard InChI is InChI=1S/C9H17N/c1-8-4-5-9(2)10(3)7-6-8/h4-5,8-9H,6-7H2,1-3H3/t8-,9-/m1/s1. The van der Waals surface area contributed by atoms with Crippen molar-refractivity contribution in [3.8, 4) is 0 Å². The van der Waals surface area contributed by atoms with Gasteiger partial charge in [-0.15, -0.1) is 0 Å². The third-order valence-corrected chi connectivity index (χ3v) is 2.35. The zero-order valence-corrected chi connectivity index (χ0v) is 7.17. The van der Waals surface area contributed by atoms with Gasteiger partial charge >= 0.3 is 0 Å². The van der Waals surface area contributed by atoms with Gasteiger partial charge in [-0.1, -0.05) is 19.1 Å². The Kier molecular flexibility index (Phi) is 2.50. The number of rotatable bonds is 0. The van der Waals surface area contributed by atoms with Crippen molar-refractivity contribution < 1.29 is 0 Å². The molecule has 2 atom stereocenters. The summed E-state index contributed by atoms with van der Waals surface area (Å²) >= 11 is 0. The Labute approximate surface area is 63.7 Å². The lowest BCUT2D eigenvalue weighted by molar-refractivity contribution is 0.293. The van der Waals surface area contributed by atoms with E-state index in [-0.39, 0.29) is 0 Å². The lowest BCUT2D eigenvalue weighted by atomic mass is 10.1. The highest BCUT2D eigenvalue weighted by Gasteiger charge is 2.10. The minimum absolute atomic E-state index is 0.630. The minimum Gasteiger partial charge on any atom is -0.300 e. The summed E-state index contributed by atoms with van der Waals surface area (Å²) in [7, 11) is 2.19. The second kappa shape index (κ2) is 3.20. The summed E-state index contributed by atoms with van der Waals surface area (Å²) < 4.78 is 0. The monoisotopic (exact) mass is 139 g/mol. The van der Waals surface area contributed by atoms with Gasteiger partial charge in [-0.2, -0.15) is 0 Å². The number of hydrogen-bond donors (Lipinski definition) is 0. The molecule has 0 amide bonds. The Hall–Kier alpha value is -0.300. The Balaban J connectivity index is 2.53. The second-order valence-electron chi connectivity index (χ2n) is 3.37. The van der Waals surface area contributed by atoms with Crippen molar-refractivity contribution >= 4 is 0 Å². The maximum absolute atomic E-state index is 2.39. The SMILES string of the molecule is C[C@@H]1C=C[C@@H](C)N(C)CC1. The lowest BCUT2D eigenvalue weighted by Gasteiger charge is -2.19. The second-order valence-corrected chi connectivity index (χ2v) is 3.37. The van der Waals surface area contributed by atoms with Gasteiger partial charge in [0.2, 0.25) is 0 Å². The average Bonchev–Trinajstić information content (AvgIpc) is 2.04. The maximum Gasteiger partial charge on any atom is 0.0246 e. The van der Waals surface area contributed by atoms with E-state index in [1.807, 2.05) is 0 Å². The number of likely N-dealkylation sites (N-methyl/N-ethyl adjacent to an activating group) is 1. The fraction of sp³-hybridized carbons (Fsp3) is 0.778. The van der Waals surface area contributed by atoms with Crippen LogP contribution in [0, 0.1) is 5.92 Å². The molecule has 58 valence electrons. The Morgan fingerprint density at radius 1 is 1.30 bits per heavy atom. The van der Waals surface area contributed by atoms with Crippen molar-refractivity contribution in [2.75, 3.05) is 13.6 Å². The molecule has 0 aliphatic carbocycles. The van der Waals surface area contributed by atoms with E-state index >= 15 is 0 Å². The van der Waals surface area contributed by atoms with E-state index in [2.05, 4.69) is 37.9 Å². The van der Waals surface area contributed by atoms with E-state index in [1.165, 1.54) is 13.0 Å². The number of nitrogens with zero attached hydrogens (tertiary/aromatic N) is 1. The van der Waals surface area contributed by atoms with Gasteiger partial charge < -0.3 is 4.90 Å². The topological polar surface area (TPSA) is 3.24 Å². The average molecular weight is 139 g/mol. The maximum atomic E-state index is 2.39. The molecule has 0 aromatic rings. The van der Waals surface area contributed by atoms with Crippen LogP contribution in [0.25, 0.3) is 0 Å². The molecule has 0 aromatic carbocycles. The van der Waals surface area contributed by atoms with Crippen LogP contribution in [-0.2, 0) is 0 Å². The van der Waals surface area contributed by atoms with E-state index in [1.54, 1.807) is 0 Å². The zero-order chi connectivity index (χ0) is 7.56. The van der Waals surface area contributed by atoms with E-state index < -0.39 is 0 Å². The summed E-state index contributed by atoms with van der Waals surface area (Å²) in [5, 5.41) is 0. The van der Waals surface area contributed by atoms with Gasteiger partial charge in [-0.25, -0.2) is 0 Å². The summed E-state index contributed by atoms with van der Waals surface area (Å²) in [6.07, 6.45) is 5.93. The molecule has 0 N–H and O–H groups in total. The van der Waals surface area contributed by atoms with Crippen LogP contribution in [0.1, 0.15) is 20.3 Å². The summed E-state index contributed by atoms with van der Waals surface area (Å²) in [5.74, 6) is 0.771. The van der Waals surface area contributed by atoms with Crippen LogP contribution < -0.4 is 0 Å². The molecule has 0 unspecified atom stereocenters. The summed E-state index contributed by atoms with van der Waals surface area (Å²) in [6, 6.07) is 0.630. The number of hydrogen-bond acceptors (Lipinski definition) is 1. The van der Waals surface area contributed by atoms with Crippen LogP contribution >= 0.6 is 0 Å². The molecule has 1 heterocycles. The summed E-state index contributed by atoms with van der Waals surface area (Å²) in [5.41, 5.74) is 0. The lowest BCUT2D eigenvalue weighted by Crippen LogP contribution is -2.27. The predicted molar refractivity (Wildman–Crippen MR) is 45.0 cm³/mol. The fourth-order valence-electron chi connectivity index (χ4n) is 1.20. The molecule has 1 aliphatic rings. The van der Waals surface area contributed by atoms with E-state index in [9.17, 15) is 0 Å². The zero-order valence-electron chi connectivity index (χ0n) is 7.17. The first-order valence-electron chi connectivity index (χ1n) is 4.08. The highest BCUT2D eigenvalue weighted by Crippen LogP contribution is 2.12. The van der Waals surface area contributed by atoms with Gasteiger partial charge in [0.1, 0.15) is 0 Å². The Morgan fingerprint density at radius 3 is 2.70 bits per heavy atom. The molecule has 1 nitrogen and oxygen atoms in total. The van der Waals surface area contributed by atoms with Gasteiger partial charge in [-0.3, -0.25) is 0 Å². The molecule has 0 aromatic heterocycles. The first kappa shape index (κ1) is 7.80. The molecule has 1 heteroatoms. The molecular weight excluding hydrogens is 122 g/mol. The van der Waals surface area contributed by atoms with Crippen molar-refractivity contribution in [1.29, 1.82) is 0 Å². The van der Waals surface area contributed by atoms with Gasteiger partial charge in [0, 0.05) is 6.04 Å². The molecule has 0 radical (unpaired) electrons. The van der Waals surface area contributed by atoms with Crippen LogP contribution in [0.5, 0.6) is 0 Å². The smallest absolute Gasteiger partial charge is 0.0246 e. The molecule has 0 saturated heterocycles.